The molecule has 0 saturated heterocycles. The van der Waals surface area contributed by atoms with Gasteiger partial charge < -0.3 is 26.5 Å². The molecule has 4 aromatic rings. The van der Waals surface area contributed by atoms with Crippen molar-refractivity contribution in [1.29, 1.82) is 0 Å². The number of nitrogens with zero attached hydrogens (tertiary/aromatic N) is 4. The van der Waals surface area contributed by atoms with Gasteiger partial charge in [-0.25, -0.2) is 14.8 Å². The fourth-order valence-corrected chi connectivity index (χ4v) is 3.37. The number of fused-ring (bicyclic) bond motifs is 1. The SMILES string of the molecule is CC(CNc1cnc(C(N)=O)c(-c2cc3cc(-c4cnn(C)c4)ccc3[nH]2)n1)NC(=O)O. The lowest BCUT2D eigenvalue weighted by Gasteiger charge is -2.13. The highest BCUT2D eigenvalue weighted by atomic mass is 16.4. The van der Waals surface area contributed by atoms with E-state index in [0.29, 0.717) is 17.2 Å². The molecule has 0 bridgehead atoms. The molecule has 0 radical (unpaired) electrons. The first-order valence-electron chi connectivity index (χ1n) is 9.82. The average Bonchev–Trinajstić information content (AvgIpc) is 3.37. The van der Waals surface area contributed by atoms with E-state index in [9.17, 15) is 9.59 Å². The molecule has 11 heteroatoms. The molecule has 32 heavy (non-hydrogen) atoms. The number of nitrogens with two attached hydrogens (primary N) is 1. The number of nitrogens with one attached hydrogen (secondary N) is 3. The Labute approximate surface area is 182 Å². The second-order valence-electron chi connectivity index (χ2n) is 7.44. The number of hydrogen-bond donors (Lipinski definition) is 5. The number of amides is 2. The topological polar surface area (TPSA) is 164 Å². The Morgan fingerprint density at radius 2 is 2.06 bits per heavy atom. The second-order valence-corrected chi connectivity index (χ2v) is 7.44. The van der Waals surface area contributed by atoms with E-state index in [1.807, 2.05) is 37.5 Å². The Morgan fingerprint density at radius 3 is 2.75 bits per heavy atom. The van der Waals surface area contributed by atoms with E-state index in [-0.39, 0.29) is 18.3 Å². The van der Waals surface area contributed by atoms with Crippen LogP contribution in [0.4, 0.5) is 10.6 Å². The van der Waals surface area contributed by atoms with Gasteiger partial charge in [0.2, 0.25) is 0 Å². The fourth-order valence-electron chi connectivity index (χ4n) is 3.37. The van der Waals surface area contributed by atoms with Crippen LogP contribution < -0.4 is 16.4 Å². The van der Waals surface area contributed by atoms with E-state index in [1.54, 1.807) is 17.8 Å². The van der Waals surface area contributed by atoms with Crippen molar-refractivity contribution in [1.82, 2.24) is 30.0 Å². The molecule has 0 saturated carbocycles. The largest absolute Gasteiger partial charge is 0.465 e. The molecule has 1 unspecified atom stereocenters. The standard InChI is InChI=1S/C21H22N8O3/c1-11(26-21(31)32)7-23-17-9-24-19(20(22)30)18(28-17)16-6-13-5-12(3-4-15(13)27-16)14-8-25-29(2)10-14/h3-6,8-11,26-27H,7H2,1-2H3,(H2,22,30)(H,23,28)(H,31,32). The van der Waals surface area contributed by atoms with Crippen LogP contribution in [0.25, 0.3) is 33.4 Å². The second kappa shape index (κ2) is 8.38. The number of carboxylic acid groups (broad SMARTS) is 1. The zero-order valence-corrected chi connectivity index (χ0v) is 17.5. The van der Waals surface area contributed by atoms with Gasteiger partial charge in [-0.15, -0.1) is 0 Å². The van der Waals surface area contributed by atoms with Gasteiger partial charge >= 0.3 is 6.09 Å². The van der Waals surface area contributed by atoms with Crippen molar-refractivity contribution in [2.45, 2.75) is 13.0 Å². The first-order valence-corrected chi connectivity index (χ1v) is 9.82. The highest BCUT2D eigenvalue weighted by Crippen LogP contribution is 2.29. The lowest BCUT2D eigenvalue weighted by molar-refractivity contribution is 0.0996. The minimum absolute atomic E-state index is 0.0336. The number of aryl methyl sites for hydroxylation is 1. The first-order chi connectivity index (χ1) is 15.3. The Bertz CT molecular complexity index is 1310. The number of hydrogen-bond acceptors (Lipinski definition) is 6. The summed E-state index contributed by atoms with van der Waals surface area (Å²) in [6, 6.07) is 7.47. The minimum atomic E-state index is -1.11. The summed E-state index contributed by atoms with van der Waals surface area (Å²) in [6.45, 7) is 2.00. The molecule has 3 aromatic heterocycles. The predicted molar refractivity (Wildman–Crippen MR) is 119 cm³/mol. The van der Waals surface area contributed by atoms with Gasteiger partial charge in [-0.2, -0.15) is 5.10 Å². The zero-order chi connectivity index (χ0) is 22.8. The van der Waals surface area contributed by atoms with Gasteiger partial charge in [0.1, 0.15) is 11.5 Å². The molecular formula is C21H22N8O3. The van der Waals surface area contributed by atoms with E-state index in [4.69, 9.17) is 10.8 Å². The number of carbonyl (C=O) groups is 2. The maximum absolute atomic E-state index is 12.0. The van der Waals surface area contributed by atoms with E-state index >= 15 is 0 Å². The normalized spacial score (nSPS) is 11.9. The summed E-state index contributed by atoms with van der Waals surface area (Å²) in [6.07, 6.45) is 4.00. The van der Waals surface area contributed by atoms with E-state index in [0.717, 1.165) is 22.0 Å². The quantitative estimate of drug-likeness (QED) is 0.297. The highest BCUT2D eigenvalue weighted by molar-refractivity contribution is 5.98. The van der Waals surface area contributed by atoms with Gasteiger partial charge in [-0.05, 0) is 30.7 Å². The molecule has 2 amide bonds. The summed E-state index contributed by atoms with van der Waals surface area (Å²) in [4.78, 5) is 34.6. The molecule has 1 atom stereocenters. The number of rotatable bonds is 7. The van der Waals surface area contributed by atoms with Crippen LogP contribution in [0.3, 0.4) is 0 Å². The molecule has 0 aliphatic carbocycles. The molecule has 4 rings (SSSR count). The third-order valence-corrected chi connectivity index (χ3v) is 4.88. The molecular weight excluding hydrogens is 412 g/mol. The van der Waals surface area contributed by atoms with Gasteiger partial charge in [-0.3, -0.25) is 9.48 Å². The van der Waals surface area contributed by atoms with E-state index in [2.05, 4.69) is 30.7 Å². The number of primary amides is 1. The summed E-state index contributed by atoms with van der Waals surface area (Å²) in [5, 5.41) is 19.3. The van der Waals surface area contributed by atoms with Crippen molar-refractivity contribution < 1.29 is 14.7 Å². The highest BCUT2D eigenvalue weighted by Gasteiger charge is 2.17. The van der Waals surface area contributed by atoms with Crippen molar-refractivity contribution >= 4 is 28.7 Å². The summed E-state index contributed by atoms with van der Waals surface area (Å²) < 4.78 is 1.74. The minimum Gasteiger partial charge on any atom is -0.465 e. The van der Waals surface area contributed by atoms with Crippen molar-refractivity contribution in [2.24, 2.45) is 12.8 Å². The lowest BCUT2D eigenvalue weighted by atomic mass is 10.1. The number of H-pyrrole nitrogens is 1. The maximum atomic E-state index is 12.0. The van der Waals surface area contributed by atoms with Crippen molar-refractivity contribution in [3.63, 3.8) is 0 Å². The predicted octanol–water partition coefficient (Wildman–Crippen LogP) is 2.19. The van der Waals surface area contributed by atoms with Crippen LogP contribution in [0.15, 0.2) is 42.9 Å². The number of benzene rings is 1. The smallest absolute Gasteiger partial charge is 0.404 e. The molecule has 0 spiro atoms. The summed E-state index contributed by atoms with van der Waals surface area (Å²) in [5.41, 5.74) is 9.30. The van der Waals surface area contributed by atoms with Crippen LogP contribution in [0.2, 0.25) is 0 Å². The van der Waals surface area contributed by atoms with Gasteiger partial charge in [0.25, 0.3) is 5.91 Å². The molecule has 0 fully saturated rings. The van der Waals surface area contributed by atoms with E-state index < -0.39 is 12.0 Å². The first kappa shape index (κ1) is 20.8. The van der Waals surface area contributed by atoms with Crippen LogP contribution in [-0.2, 0) is 7.05 Å². The van der Waals surface area contributed by atoms with Crippen LogP contribution in [0, 0.1) is 0 Å². The van der Waals surface area contributed by atoms with Gasteiger partial charge in [-0.1, -0.05) is 6.07 Å². The van der Waals surface area contributed by atoms with Crippen LogP contribution in [0.5, 0.6) is 0 Å². The third-order valence-electron chi connectivity index (χ3n) is 4.88. The summed E-state index contributed by atoms with van der Waals surface area (Å²) >= 11 is 0. The lowest BCUT2D eigenvalue weighted by Crippen LogP contribution is -2.36. The molecule has 3 heterocycles. The van der Waals surface area contributed by atoms with Gasteiger partial charge in [0, 0.05) is 42.3 Å². The monoisotopic (exact) mass is 434 g/mol. The third kappa shape index (κ3) is 4.36. The molecule has 0 aliphatic rings. The maximum Gasteiger partial charge on any atom is 0.404 e. The fraction of sp³-hybridized carbons (Fsp3) is 0.190. The number of aromatic nitrogens is 5. The van der Waals surface area contributed by atoms with Crippen LogP contribution in [-0.4, -0.2) is 54.4 Å². The number of carbonyl (C=O) groups excluding carboxylic acids is 1. The van der Waals surface area contributed by atoms with Gasteiger partial charge in [0.15, 0.2) is 5.69 Å². The van der Waals surface area contributed by atoms with Crippen molar-refractivity contribution in [3.05, 3.63) is 48.5 Å². The number of anilines is 1. The van der Waals surface area contributed by atoms with Crippen LogP contribution in [0.1, 0.15) is 17.4 Å². The molecule has 164 valence electrons. The average molecular weight is 434 g/mol. The molecule has 11 nitrogen and oxygen atoms in total. The Kier molecular flexibility index (Phi) is 5.46. The van der Waals surface area contributed by atoms with Crippen molar-refractivity contribution in [3.8, 4) is 22.5 Å². The van der Waals surface area contributed by atoms with Gasteiger partial charge in [0.05, 0.1) is 18.1 Å². The Balaban J connectivity index is 1.67. The molecule has 1 aromatic carbocycles. The molecule has 0 aliphatic heterocycles. The van der Waals surface area contributed by atoms with Crippen molar-refractivity contribution in [2.75, 3.05) is 11.9 Å². The number of aromatic amines is 1. The van der Waals surface area contributed by atoms with E-state index in [1.165, 1.54) is 6.20 Å². The Hall–Kier alpha value is -4.41. The Morgan fingerprint density at radius 1 is 1.25 bits per heavy atom. The molecule has 6 N–H and O–H groups in total. The summed E-state index contributed by atoms with van der Waals surface area (Å²) in [5.74, 6) is -0.312. The van der Waals surface area contributed by atoms with Crippen LogP contribution >= 0.6 is 0 Å². The zero-order valence-electron chi connectivity index (χ0n) is 17.5. The summed E-state index contributed by atoms with van der Waals surface area (Å²) in [7, 11) is 1.86.